The first-order chi connectivity index (χ1) is 13.7. The molecule has 1 N–H and O–H groups in total. The standard InChI is InChI=1S/C23H24N2O3/c1-27-21-12-11-18(14-22(21)28-16-17-7-3-2-4-8-17)13-19(15-24)23(26)25-20-9-5-6-10-20/h2-4,7-8,11-14,20H,5-6,9-10,16H2,1H3,(H,25,26)/b19-13-. The molecule has 1 aliphatic rings. The number of amides is 1. The molecular formula is C23H24N2O3. The topological polar surface area (TPSA) is 71.3 Å². The van der Waals surface area contributed by atoms with Crippen molar-refractivity contribution in [3.63, 3.8) is 0 Å². The number of rotatable bonds is 7. The van der Waals surface area contributed by atoms with Gasteiger partial charge in [0.05, 0.1) is 7.11 Å². The molecule has 5 heteroatoms. The number of nitrogens with zero attached hydrogens (tertiary/aromatic N) is 1. The van der Waals surface area contributed by atoms with Gasteiger partial charge in [0.1, 0.15) is 18.2 Å². The van der Waals surface area contributed by atoms with E-state index in [0.717, 1.165) is 31.2 Å². The molecule has 144 valence electrons. The first kappa shape index (κ1) is 19.5. The highest BCUT2D eigenvalue weighted by Gasteiger charge is 2.19. The first-order valence-corrected chi connectivity index (χ1v) is 9.47. The van der Waals surface area contributed by atoms with E-state index in [4.69, 9.17) is 9.47 Å². The molecule has 0 aromatic heterocycles. The van der Waals surface area contributed by atoms with Crippen LogP contribution in [0.2, 0.25) is 0 Å². The molecule has 28 heavy (non-hydrogen) atoms. The predicted molar refractivity (Wildman–Crippen MR) is 108 cm³/mol. The van der Waals surface area contributed by atoms with E-state index in [9.17, 15) is 10.1 Å². The van der Waals surface area contributed by atoms with Gasteiger partial charge in [-0.1, -0.05) is 49.2 Å². The lowest BCUT2D eigenvalue weighted by Crippen LogP contribution is -2.33. The predicted octanol–water partition coefficient (Wildman–Crippen LogP) is 4.24. The molecule has 5 nitrogen and oxygen atoms in total. The Labute approximate surface area is 165 Å². The molecule has 0 spiro atoms. The highest BCUT2D eigenvalue weighted by molar-refractivity contribution is 6.01. The van der Waals surface area contributed by atoms with Crippen LogP contribution in [0.5, 0.6) is 11.5 Å². The van der Waals surface area contributed by atoms with E-state index in [-0.39, 0.29) is 17.5 Å². The fourth-order valence-corrected chi connectivity index (χ4v) is 3.28. The Morgan fingerprint density at radius 3 is 2.61 bits per heavy atom. The third kappa shape index (κ3) is 5.14. The van der Waals surface area contributed by atoms with Crippen LogP contribution in [0.25, 0.3) is 6.08 Å². The van der Waals surface area contributed by atoms with Gasteiger partial charge in [-0.05, 0) is 42.2 Å². The minimum Gasteiger partial charge on any atom is -0.493 e. The van der Waals surface area contributed by atoms with E-state index < -0.39 is 0 Å². The van der Waals surface area contributed by atoms with Crippen molar-refractivity contribution >= 4 is 12.0 Å². The van der Waals surface area contributed by atoms with Crippen LogP contribution < -0.4 is 14.8 Å². The van der Waals surface area contributed by atoms with Gasteiger partial charge in [-0.25, -0.2) is 0 Å². The maximum absolute atomic E-state index is 12.4. The fraction of sp³-hybridized carbons (Fsp3) is 0.304. The van der Waals surface area contributed by atoms with Crippen molar-refractivity contribution in [3.05, 3.63) is 65.2 Å². The summed E-state index contributed by atoms with van der Waals surface area (Å²) in [4.78, 5) is 12.4. The van der Waals surface area contributed by atoms with Crippen LogP contribution in [0, 0.1) is 11.3 Å². The average molecular weight is 376 g/mol. The number of methoxy groups -OCH3 is 1. The molecule has 2 aromatic carbocycles. The van der Waals surface area contributed by atoms with Crippen LogP contribution >= 0.6 is 0 Å². The summed E-state index contributed by atoms with van der Waals surface area (Å²) >= 11 is 0. The number of hydrogen-bond donors (Lipinski definition) is 1. The second kappa shape index (κ2) is 9.61. The molecule has 0 atom stereocenters. The SMILES string of the molecule is COc1ccc(/C=C(/C#N)C(=O)NC2CCCC2)cc1OCc1ccccc1. The Morgan fingerprint density at radius 2 is 1.93 bits per heavy atom. The van der Waals surface area contributed by atoms with Crippen molar-refractivity contribution in [2.24, 2.45) is 0 Å². The van der Waals surface area contributed by atoms with Crippen LogP contribution in [0.4, 0.5) is 0 Å². The molecule has 0 radical (unpaired) electrons. The molecule has 0 heterocycles. The van der Waals surface area contributed by atoms with Crippen LogP contribution in [-0.4, -0.2) is 19.1 Å². The summed E-state index contributed by atoms with van der Waals surface area (Å²) < 4.78 is 11.3. The monoisotopic (exact) mass is 376 g/mol. The van der Waals surface area contributed by atoms with Gasteiger partial charge in [0, 0.05) is 6.04 Å². The maximum Gasteiger partial charge on any atom is 0.262 e. The zero-order valence-corrected chi connectivity index (χ0v) is 16.0. The number of nitrogens with one attached hydrogen (secondary N) is 1. The van der Waals surface area contributed by atoms with Crippen LogP contribution in [-0.2, 0) is 11.4 Å². The van der Waals surface area contributed by atoms with Crippen molar-refractivity contribution in [3.8, 4) is 17.6 Å². The molecule has 0 unspecified atom stereocenters. The van der Waals surface area contributed by atoms with Crippen LogP contribution in [0.15, 0.2) is 54.1 Å². The van der Waals surface area contributed by atoms with Crippen molar-refractivity contribution < 1.29 is 14.3 Å². The van der Waals surface area contributed by atoms with Gasteiger partial charge in [-0.2, -0.15) is 5.26 Å². The summed E-state index contributed by atoms with van der Waals surface area (Å²) in [6.07, 6.45) is 5.78. The van der Waals surface area contributed by atoms with Crippen LogP contribution in [0.1, 0.15) is 36.8 Å². The minimum atomic E-state index is -0.322. The van der Waals surface area contributed by atoms with Crippen LogP contribution in [0.3, 0.4) is 0 Å². The van der Waals surface area contributed by atoms with Gasteiger partial charge in [0.15, 0.2) is 11.5 Å². The lowest BCUT2D eigenvalue weighted by Gasteiger charge is -2.12. The molecule has 0 aliphatic heterocycles. The third-order valence-electron chi connectivity index (χ3n) is 4.79. The smallest absolute Gasteiger partial charge is 0.262 e. The Balaban J connectivity index is 1.75. The summed E-state index contributed by atoms with van der Waals surface area (Å²) in [5.74, 6) is 0.840. The molecule has 1 fully saturated rings. The Hall–Kier alpha value is -3.26. The van der Waals surface area contributed by atoms with Gasteiger partial charge in [0.2, 0.25) is 0 Å². The maximum atomic E-state index is 12.4. The number of hydrogen-bond acceptors (Lipinski definition) is 4. The summed E-state index contributed by atoms with van der Waals surface area (Å²) in [7, 11) is 1.58. The van der Waals surface area contributed by atoms with Gasteiger partial charge < -0.3 is 14.8 Å². The number of benzene rings is 2. The number of carbonyl (C=O) groups excluding carboxylic acids is 1. The van der Waals surface area contributed by atoms with E-state index in [0.29, 0.717) is 23.7 Å². The van der Waals surface area contributed by atoms with E-state index in [1.54, 1.807) is 31.4 Å². The Bertz CT molecular complexity index is 878. The second-order valence-electron chi connectivity index (χ2n) is 6.81. The quantitative estimate of drug-likeness (QED) is 0.579. The highest BCUT2D eigenvalue weighted by Crippen LogP contribution is 2.30. The molecule has 1 aliphatic carbocycles. The molecule has 0 bridgehead atoms. The zero-order chi connectivity index (χ0) is 19.8. The van der Waals surface area contributed by atoms with Crippen molar-refractivity contribution in [1.82, 2.24) is 5.32 Å². The summed E-state index contributed by atoms with van der Waals surface area (Å²) in [6, 6.07) is 17.4. The largest absolute Gasteiger partial charge is 0.493 e. The van der Waals surface area contributed by atoms with Crippen molar-refractivity contribution in [1.29, 1.82) is 5.26 Å². The lowest BCUT2D eigenvalue weighted by molar-refractivity contribution is -0.117. The molecule has 2 aromatic rings. The van der Waals surface area contributed by atoms with Crippen molar-refractivity contribution in [2.75, 3.05) is 7.11 Å². The molecule has 0 saturated heterocycles. The molecular weight excluding hydrogens is 352 g/mol. The summed E-state index contributed by atoms with van der Waals surface area (Å²) in [5.41, 5.74) is 1.84. The van der Waals surface area contributed by atoms with E-state index >= 15 is 0 Å². The van der Waals surface area contributed by atoms with Gasteiger partial charge >= 0.3 is 0 Å². The summed E-state index contributed by atoms with van der Waals surface area (Å²) in [6.45, 7) is 0.400. The normalized spacial score (nSPS) is 14.4. The molecule has 1 saturated carbocycles. The summed E-state index contributed by atoms with van der Waals surface area (Å²) in [5, 5.41) is 12.4. The van der Waals surface area contributed by atoms with Crippen molar-refractivity contribution in [2.45, 2.75) is 38.3 Å². The number of nitriles is 1. The van der Waals surface area contributed by atoms with Gasteiger partial charge in [-0.15, -0.1) is 0 Å². The molecule has 1 amide bonds. The highest BCUT2D eigenvalue weighted by atomic mass is 16.5. The third-order valence-corrected chi connectivity index (χ3v) is 4.79. The molecule has 3 rings (SSSR count). The fourth-order valence-electron chi connectivity index (χ4n) is 3.28. The van der Waals surface area contributed by atoms with E-state index in [1.165, 1.54) is 0 Å². The van der Waals surface area contributed by atoms with Gasteiger partial charge in [0.25, 0.3) is 5.91 Å². The lowest BCUT2D eigenvalue weighted by atomic mass is 10.1. The van der Waals surface area contributed by atoms with Gasteiger partial charge in [-0.3, -0.25) is 4.79 Å². The minimum absolute atomic E-state index is 0.0890. The zero-order valence-electron chi connectivity index (χ0n) is 16.0. The Morgan fingerprint density at radius 1 is 1.18 bits per heavy atom. The number of carbonyl (C=O) groups is 1. The first-order valence-electron chi connectivity index (χ1n) is 9.47. The second-order valence-corrected chi connectivity index (χ2v) is 6.81. The average Bonchev–Trinajstić information content (AvgIpc) is 3.24. The van der Waals surface area contributed by atoms with E-state index in [2.05, 4.69) is 5.32 Å². The Kier molecular flexibility index (Phi) is 6.69. The van der Waals surface area contributed by atoms with E-state index in [1.807, 2.05) is 36.4 Å². The number of ether oxygens (including phenoxy) is 2.